The smallest absolute Gasteiger partial charge is 0.175 e. The maximum atomic E-state index is 9.14. The number of nitriles is 1. The van der Waals surface area contributed by atoms with Crippen LogP contribution < -0.4 is 4.74 Å². The summed E-state index contributed by atoms with van der Waals surface area (Å²) in [4.78, 5) is 4.67. The van der Waals surface area contributed by atoms with E-state index in [4.69, 9.17) is 14.5 Å². The molecule has 3 aromatic rings. The lowest BCUT2D eigenvalue weighted by molar-refractivity contribution is 0.172. The minimum atomic E-state index is 0.714. The van der Waals surface area contributed by atoms with Gasteiger partial charge in [0.05, 0.1) is 29.5 Å². The molecule has 5 rings (SSSR count). The molecule has 2 aliphatic rings. The zero-order valence-corrected chi connectivity index (χ0v) is 21.0. The number of ether oxygens (including phenoxy) is 1. The molecule has 2 fully saturated rings. The minimum Gasteiger partial charge on any atom is -0.493 e. The van der Waals surface area contributed by atoms with Crippen molar-refractivity contribution < 1.29 is 9.26 Å². The highest BCUT2D eigenvalue weighted by Gasteiger charge is 2.24. The molecular weight excluding hydrogens is 436 g/mol. The molecule has 0 radical (unpaired) electrons. The van der Waals surface area contributed by atoms with Gasteiger partial charge in [0, 0.05) is 18.5 Å². The third-order valence-corrected chi connectivity index (χ3v) is 7.38. The Hall–Kier alpha value is -2.88. The molecule has 1 aliphatic heterocycles. The predicted molar refractivity (Wildman–Crippen MR) is 137 cm³/mol. The molecule has 1 saturated heterocycles. The Balaban J connectivity index is 1.18. The average Bonchev–Trinajstić information content (AvgIpc) is 3.60. The van der Waals surface area contributed by atoms with Crippen LogP contribution in [0.3, 0.4) is 0 Å². The number of fused-ring (bicyclic) bond motifs is 1. The molecule has 1 aromatic heterocycles. The molecule has 6 nitrogen and oxygen atoms in total. The molecule has 1 aliphatic carbocycles. The van der Waals surface area contributed by atoms with Crippen molar-refractivity contribution in [2.24, 2.45) is 11.8 Å². The standard InChI is InChI=1S/C29H36N4O2/c1-32(2)19-26-28(34-20-22-6-7-22)11-9-25-27(31-35-29(25)26)10-8-21-12-14-33(15-13-21)18-24-5-3-4-23(16-24)17-30/h3-5,9,11,16,21-22H,6-8,10,12-15,18-20H2,1-2H3. The van der Waals surface area contributed by atoms with Crippen molar-refractivity contribution in [2.75, 3.05) is 33.8 Å². The Bertz CT molecular complexity index is 1180. The highest BCUT2D eigenvalue weighted by atomic mass is 16.5. The van der Waals surface area contributed by atoms with Gasteiger partial charge in [0.2, 0.25) is 0 Å². The maximum absolute atomic E-state index is 9.14. The number of rotatable bonds is 10. The van der Waals surface area contributed by atoms with Crippen LogP contribution in [0.5, 0.6) is 5.75 Å². The first kappa shape index (κ1) is 23.8. The quantitative estimate of drug-likeness (QED) is 0.394. The van der Waals surface area contributed by atoms with E-state index in [0.29, 0.717) is 5.92 Å². The summed E-state index contributed by atoms with van der Waals surface area (Å²) in [6, 6.07) is 14.5. The number of likely N-dealkylation sites (tertiary alicyclic amines) is 1. The third-order valence-electron chi connectivity index (χ3n) is 7.38. The van der Waals surface area contributed by atoms with Gasteiger partial charge >= 0.3 is 0 Å². The Morgan fingerprint density at radius 3 is 2.69 bits per heavy atom. The van der Waals surface area contributed by atoms with Crippen LogP contribution in [-0.4, -0.2) is 48.7 Å². The Morgan fingerprint density at radius 1 is 1.11 bits per heavy atom. The van der Waals surface area contributed by atoms with Gasteiger partial charge in [-0.2, -0.15) is 5.26 Å². The van der Waals surface area contributed by atoms with Gasteiger partial charge in [-0.05, 0) is 107 Å². The molecule has 35 heavy (non-hydrogen) atoms. The van der Waals surface area contributed by atoms with Crippen LogP contribution in [-0.2, 0) is 19.5 Å². The first-order valence-electron chi connectivity index (χ1n) is 13.0. The van der Waals surface area contributed by atoms with E-state index in [1.54, 1.807) is 0 Å². The Kier molecular flexibility index (Phi) is 7.36. The molecule has 6 heteroatoms. The predicted octanol–water partition coefficient (Wildman–Crippen LogP) is 5.39. The summed E-state index contributed by atoms with van der Waals surface area (Å²) in [6.45, 7) is 4.72. The molecule has 0 atom stereocenters. The number of hydrogen-bond acceptors (Lipinski definition) is 6. The van der Waals surface area contributed by atoms with E-state index in [1.165, 1.54) is 31.2 Å². The normalized spacial score (nSPS) is 17.2. The third kappa shape index (κ3) is 6.04. The fraction of sp³-hybridized carbons (Fsp3) is 0.517. The van der Waals surface area contributed by atoms with Crippen molar-refractivity contribution >= 4 is 11.0 Å². The monoisotopic (exact) mass is 472 g/mol. The number of aromatic nitrogens is 1. The number of benzene rings is 2. The first-order chi connectivity index (χ1) is 17.1. The summed E-state index contributed by atoms with van der Waals surface area (Å²) < 4.78 is 12.1. The van der Waals surface area contributed by atoms with Crippen LogP contribution >= 0.6 is 0 Å². The first-order valence-corrected chi connectivity index (χ1v) is 13.0. The lowest BCUT2D eigenvalue weighted by Gasteiger charge is -2.32. The molecule has 2 aromatic carbocycles. The number of hydrogen-bond donors (Lipinski definition) is 0. The summed E-state index contributed by atoms with van der Waals surface area (Å²) in [5.41, 5.74) is 5.04. The minimum absolute atomic E-state index is 0.714. The second kappa shape index (κ2) is 10.8. The van der Waals surface area contributed by atoms with E-state index < -0.39 is 0 Å². The second-order valence-electron chi connectivity index (χ2n) is 10.6. The molecule has 1 saturated carbocycles. The summed E-state index contributed by atoms with van der Waals surface area (Å²) in [5.74, 6) is 2.37. The van der Waals surface area contributed by atoms with Gasteiger partial charge < -0.3 is 14.2 Å². The van der Waals surface area contributed by atoms with Gasteiger partial charge in [-0.3, -0.25) is 4.90 Å². The Labute approximate surface area is 208 Å². The van der Waals surface area contributed by atoms with Crippen LogP contribution in [0.2, 0.25) is 0 Å². The SMILES string of the molecule is CN(C)Cc1c(OCC2CC2)ccc2c(CCC3CCN(Cc4cccc(C#N)c4)CC3)noc12. The van der Waals surface area contributed by atoms with Crippen molar-refractivity contribution in [3.05, 3.63) is 58.8 Å². The molecule has 0 bridgehead atoms. The van der Waals surface area contributed by atoms with Crippen molar-refractivity contribution in [2.45, 2.75) is 51.6 Å². The Morgan fingerprint density at radius 2 is 1.94 bits per heavy atom. The summed E-state index contributed by atoms with van der Waals surface area (Å²) >= 11 is 0. The van der Waals surface area contributed by atoms with Gasteiger partial charge in [-0.1, -0.05) is 17.3 Å². The van der Waals surface area contributed by atoms with Crippen LogP contribution in [0.4, 0.5) is 0 Å². The molecular formula is C29H36N4O2. The van der Waals surface area contributed by atoms with Crippen LogP contribution in [0.25, 0.3) is 11.0 Å². The lowest BCUT2D eigenvalue weighted by Crippen LogP contribution is -2.33. The van der Waals surface area contributed by atoms with Gasteiger partial charge in [0.15, 0.2) is 5.58 Å². The molecule has 0 amide bonds. The van der Waals surface area contributed by atoms with Crippen LogP contribution in [0.15, 0.2) is 40.9 Å². The zero-order chi connectivity index (χ0) is 24.2. The molecule has 0 N–H and O–H groups in total. The van der Waals surface area contributed by atoms with E-state index in [-0.39, 0.29) is 0 Å². The summed E-state index contributed by atoms with van der Waals surface area (Å²) in [6.07, 6.45) is 7.07. The summed E-state index contributed by atoms with van der Waals surface area (Å²) in [7, 11) is 4.15. The van der Waals surface area contributed by atoms with Gasteiger partial charge in [-0.15, -0.1) is 0 Å². The van der Waals surface area contributed by atoms with Gasteiger partial charge in [0.25, 0.3) is 0 Å². The number of piperidine rings is 1. The summed E-state index contributed by atoms with van der Waals surface area (Å²) in [5, 5.41) is 14.8. The highest BCUT2D eigenvalue weighted by Crippen LogP contribution is 2.35. The number of nitrogens with zero attached hydrogens (tertiary/aromatic N) is 4. The van der Waals surface area contributed by atoms with E-state index in [0.717, 1.165) is 85.1 Å². The van der Waals surface area contributed by atoms with E-state index >= 15 is 0 Å². The van der Waals surface area contributed by atoms with Crippen molar-refractivity contribution in [3.8, 4) is 11.8 Å². The van der Waals surface area contributed by atoms with E-state index in [2.05, 4.69) is 53.3 Å². The molecule has 184 valence electrons. The second-order valence-corrected chi connectivity index (χ2v) is 10.6. The fourth-order valence-electron chi connectivity index (χ4n) is 5.14. The molecule has 0 unspecified atom stereocenters. The van der Waals surface area contributed by atoms with Crippen molar-refractivity contribution in [1.29, 1.82) is 5.26 Å². The van der Waals surface area contributed by atoms with Crippen LogP contribution in [0, 0.1) is 23.2 Å². The van der Waals surface area contributed by atoms with E-state index in [1.807, 2.05) is 18.2 Å². The molecule has 0 spiro atoms. The average molecular weight is 473 g/mol. The maximum Gasteiger partial charge on any atom is 0.175 e. The van der Waals surface area contributed by atoms with Crippen molar-refractivity contribution in [1.82, 2.24) is 15.0 Å². The van der Waals surface area contributed by atoms with E-state index in [9.17, 15) is 0 Å². The number of aryl methyl sites for hydroxylation is 1. The largest absolute Gasteiger partial charge is 0.493 e. The fourth-order valence-corrected chi connectivity index (χ4v) is 5.14. The topological polar surface area (TPSA) is 65.5 Å². The zero-order valence-electron chi connectivity index (χ0n) is 21.0. The van der Waals surface area contributed by atoms with Gasteiger partial charge in [-0.25, -0.2) is 0 Å². The molecule has 2 heterocycles. The van der Waals surface area contributed by atoms with Crippen LogP contribution in [0.1, 0.15) is 54.5 Å². The lowest BCUT2D eigenvalue weighted by atomic mass is 9.91. The van der Waals surface area contributed by atoms with Gasteiger partial charge in [0.1, 0.15) is 5.75 Å². The highest BCUT2D eigenvalue weighted by molar-refractivity contribution is 5.84. The van der Waals surface area contributed by atoms with Crippen molar-refractivity contribution in [3.63, 3.8) is 0 Å².